The molecule has 2 aromatic rings. The van der Waals surface area contributed by atoms with Crippen LogP contribution in [0.25, 0.3) is 0 Å². The molecule has 0 bridgehead atoms. The molecule has 1 aliphatic rings. The highest BCUT2D eigenvalue weighted by molar-refractivity contribution is 6.06. The highest BCUT2D eigenvalue weighted by Gasteiger charge is 2.39. The summed E-state index contributed by atoms with van der Waals surface area (Å²) in [6.45, 7) is -0.0544. The van der Waals surface area contributed by atoms with Crippen molar-refractivity contribution in [2.75, 3.05) is 12.4 Å². The predicted molar refractivity (Wildman–Crippen MR) is 95.4 cm³/mol. The first-order chi connectivity index (χ1) is 13.8. The molecule has 10 heteroatoms. The van der Waals surface area contributed by atoms with Crippen molar-refractivity contribution >= 4 is 23.5 Å². The monoisotopic (exact) mass is 407 g/mol. The molecule has 0 radical (unpaired) electrons. The smallest absolute Gasteiger partial charge is 0.325 e. The van der Waals surface area contributed by atoms with Crippen LogP contribution in [0.15, 0.2) is 36.4 Å². The third-order valence-corrected chi connectivity index (χ3v) is 4.29. The van der Waals surface area contributed by atoms with Crippen molar-refractivity contribution < 1.29 is 32.3 Å². The minimum absolute atomic E-state index is 0.0544. The molecule has 29 heavy (non-hydrogen) atoms. The maximum atomic E-state index is 13.2. The number of ether oxygens (including phenoxy) is 1. The molecule has 0 aromatic heterocycles. The Bertz CT molecular complexity index is 960. The van der Waals surface area contributed by atoms with Gasteiger partial charge in [0, 0.05) is 23.4 Å². The number of para-hydroxylation sites is 1. The van der Waals surface area contributed by atoms with E-state index in [1.807, 2.05) is 0 Å². The van der Waals surface area contributed by atoms with E-state index < -0.39 is 47.8 Å². The number of urea groups is 1. The lowest BCUT2D eigenvalue weighted by molar-refractivity contribution is -0.130. The second-order valence-electron chi connectivity index (χ2n) is 6.24. The van der Waals surface area contributed by atoms with Gasteiger partial charge < -0.3 is 15.4 Å². The summed E-state index contributed by atoms with van der Waals surface area (Å²) >= 11 is 0. The Labute approximate surface area is 163 Å². The summed E-state index contributed by atoms with van der Waals surface area (Å²) in [5, 5.41) is 4.56. The van der Waals surface area contributed by atoms with Gasteiger partial charge in [0.05, 0.1) is 20.1 Å². The van der Waals surface area contributed by atoms with Crippen LogP contribution in [-0.4, -0.2) is 35.9 Å². The van der Waals surface area contributed by atoms with Crippen LogP contribution in [0.1, 0.15) is 12.0 Å². The molecule has 1 atom stereocenters. The average Bonchev–Trinajstić information content (AvgIpc) is 2.93. The summed E-state index contributed by atoms with van der Waals surface area (Å²) in [4.78, 5) is 37.7. The van der Waals surface area contributed by atoms with E-state index in [4.69, 9.17) is 4.74 Å². The normalized spacial score (nSPS) is 16.0. The molecule has 0 aliphatic carbocycles. The molecular weight excluding hydrogens is 391 g/mol. The second kappa shape index (κ2) is 8.21. The Morgan fingerprint density at radius 2 is 1.83 bits per heavy atom. The molecule has 0 unspecified atom stereocenters. The molecule has 2 N–H and O–H groups in total. The lowest BCUT2D eigenvalue weighted by Crippen LogP contribution is -2.34. The van der Waals surface area contributed by atoms with E-state index in [9.17, 15) is 27.6 Å². The first-order valence-corrected chi connectivity index (χ1v) is 8.48. The van der Waals surface area contributed by atoms with Crippen LogP contribution in [0.3, 0.4) is 0 Å². The van der Waals surface area contributed by atoms with Gasteiger partial charge in [-0.1, -0.05) is 18.2 Å². The van der Waals surface area contributed by atoms with Gasteiger partial charge in [-0.15, -0.1) is 0 Å². The van der Waals surface area contributed by atoms with Gasteiger partial charge in [0.2, 0.25) is 5.91 Å². The third kappa shape index (κ3) is 4.31. The largest absolute Gasteiger partial charge is 0.496 e. The quantitative estimate of drug-likeness (QED) is 0.569. The Hall–Kier alpha value is -3.56. The first-order valence-electron chi connectivity index (χ1n) is 8.48. The van der Waals surface area contributed by atoms with Gasteiger partial charge in [-0.3, -0.25) is 14.5 Å². The summed E-state index contributed by atoms with van der Waals surface area (Å²) in [6, 6.07) is 6.23. The van der Waals surface area contributed by atoms with Gasteiger partial charge in [0.1, 0.15) is 11.8 Å². The average molecular weight is 407 g/mol. The van der Waals surface area contributed by atoms with Crippen LogP contribution in [0.2, 0.25) is 0 Å². The van der Waals surface area contributed by atoms with Gasteiger partial charge in [-0.05, 0) is 6.07 Å². The van der Waals surface area contributed by atoms with E-state index in [1.54, 1.807) is 24.3 Å². The number of carbonyl (C=O) groups is 3. The first kappa shape index (κ1) is 20.2. The van der Waals surface area contributed by atoms with Crippen molar-refractivity contribution in [3.05, 3.63) is 59.4 Å². The molecule has 4 amide bonds. The molecule has 7 nitrogen and oxygen atoms in total. The molecule has 1 fully saturated rings. The van der Waals surface area contributed by atoms with Crippen molar-refractivity contribution in [1.29, 1.82) is 0 Å². The molecule has 1 aliphatic heterocycles. The maximum absolute atomic E-state index is 13.2. The van der Waals surface area contributed by atoms with Crippen LogP contribution >= 0.6 is 0 Å². The van der Waals surface area contributed by atoms with Crippen LogP contribution in [0.5, 0.6) is 5.75 Å². The van der Waals surface area contributed by atoms with Gasteiger partial charge in [0.15, 0.2) is 17.5 Å². The maximum Gasteiger partial charge on any atom is 0.325 e. The molecule has 1 saturated heterocycles. The number of rotatable bonds is 6. The SMILES string of the molecule is COc1ccccc1CN1C(=O)N[C@H](CC(=O)Nc2cc(F)c(F)c(F)c2)C1=O. The fourth-order valence-corrected chi connectivity index (χ4v) is 2.89. The third-order valence-electron chi connectivity index (χ3n) is 4.29. The van der Waals surface area contributed by atoms with Crippen LogP contribution in [0.4, 0.5) is 23.7 Å². The van der Waals surface area contributed by atoms with Gasteiger partial charge in [0.25, 0.3) is 5.91 Å². The summed E-state index contributed by atoms with van der Waals surface area (Å²) in [6.07, 6.45) is -0.465. The molecule has 0 saturated carbocycles. The Balaban J connectivity index is 1.66. The van der Waals surface area contributed by atoms with Crippen molar-refractivity contribution in [3.8, 4) is 5.75 Å². The van der Waals surface area contributed by atoms with E-state index in [1.165, 1.54) is 7.11 Å². The van der Waals surface area contributed by atoms with Gasteiger partial charge in [-0.2, -0.15) is 0 Å². The number of anilines is 1. The Kier molecular flexibility index (Phi) is 5.71. The van der Waals surface area contributed by atoms with Gasteiger partial charge in [-0.25, -0.2) is 18.0 Å². The minimum atomic E-state index is -1.66. The topological polar surface area (TPSA) is 87.7 Å². The van der Waals surface area contributed by atoms with Crippen molar-refractivity contribution in [1.82, 2.24) is 10.2 Å². The molecule has 0 spiro atoms. The highest BCUT2D eigenvalue weighted by Crippen LogP contribution is 2.22. The van der Waals surface area contributed by atoms with E-state index in [-0.39, 0.29) is 12.2 Å². The number of hydrogen-bond acceptors (Lipinski definition) is 4. The second-order valence-corrected chi connectivity index (χ2v) is 6.24. The molecule has 2 aromatic carbocycles. The zero-order valence-corrected chi connectivity index (χ0v) is 15.2. The molecule has 1 heterocycles. The van der Waals surface area contributed by atoms with E-state index in [0.717, 1.165) is 4.90 Å². The van der Waals surface area contributed by atoms with Gasteiger partial charge >= 0.3 is 6.03 Å². The molecule has 3 rings (SSSR count). The Morgan fingerprint density at radius 3 is 2.48 bits per heavy atom. The number of benzene rings is 2. The fraction of sp³-hybridized carbons (Fsp3) is 0.211. The van der Waals surface area contributed by atoms with Crippen molar-refractivity contribution in [3.63, 3.8) is 0 Å². The summed E-state index contributed by atoms with van der Waals surface area (Å²) in [5.41, 5.74) is 0.287. The number of imide groups is 1. The van der Waals surface area contributed by atoms with Crippen LogP contribution in [0, 0.1) is 17.5 Å². The van der Waals surface area contributed by atoms with E-state index in [0.29, 0.717) is 23.4 Å². The Morgan fingerprint density at radius 1 is 1.17 bits per heavy atom. The molecule has 152 valence electrons. The number of hydrogen-bond donors (Lipinski definition) is 2. The summed E-state index contributed by atoms with van der Waals surface area (Å²) in [7, 11) is 1.46. The number of carbonyl (C=O) groups excluding carboxylic acids is 3. The van der Waals surface area contributed by atoms with E-state index in [2.05, 4.69) is 10.6 Å². The lowest BCUT2D eigenvalue weighted by Gasteiger charge is -2.15. The fourth-order valence-electron chi connectivity index (χ4n) is 2.89. The number of methoxy groups -OCH3 is 1. The number of nitrogens with zero attached hydrogens (tertiary/aromatic N) is 1. The number of halogens is 3. The molecular formula is C19H16F3N3O4. The standard InChI is InChI=1S/C19H16F3N3O4/c1-29-15-5-3-2-4-10(15)9-25-18(27)14(24-19(25)28)8-16(26)23-11-6-12(20)17(22)13(21)7-11/h2-7,14H,8-9H2,1H3,(H,23,26)(H,24,28)/t14-/m1/s1. The van der Waals surface area contributed by atoms with E-state index >= 15 is 0 Å². The van der Waals surface area contributed by atoms with Crippen LogP contribution < -0.4 is 15.4 Å². The van der Waals surface area contributed by atoms with Crippen molar-refractivity contribution in [2.45, 2.75) is 19.0 Å². The zero-order valence-electron chi connectivity index (χ0n) is 15.2. The number of nitrogens with one attached hydrogen (secondary N) is 2. The highest BCUT2D eigenvalue weighted by atomic mass is 19.2. The van der Waals surface area contributed by atoms with Crippen molar-refractivity contribution in [2.24, 2.45) is 0 Å². The minimum Gasteiger partial charge on any atom is -0.496 e. The predicted octanol–water partition coefficient (Wildman–Crippen LogP) is 2.56. The number of amides is 4. The summed E-state index contributed by atoms with van der Waals surface area (Å²) < 4.78 is 44.6. The van der Waals surface area contributed by atoms with Crippen LogP contribution in [-0.2, 0) is 16.1 Å². The lowest BCUT2D eigenvalue weighted by atomic mass is 10.1. The zero-order chi connectivity index (χ0) is 21.1. The summed E-state index contributed by atoms with van der Waals surface area (Å²) in [5.74, 6) is -5.51.